The van der Waals surface area contributed by atoms with Gasteiger partial charge in [0.15, 0.2) is 0 Å². The second-order valence-corrected chi connectivity index (χ2v) is 2.74. The van der Waals surface area contributed by atoms with Gasteiger partial charge in [-0.1, -0.05) is 0 Å². The van der Waals surface area contributed by atoms with E-state index in [0.717, 1.165) is 7.11 Å². The van der Waals surface area contributed by atoms with Crippen molar-refractivity contribution in [3.05, 3.63) is 11.6 Å². The van der Waals surface area contributed by atoms with Crippen LogP contribution in [-0.2, 0) is 19.0 Å². The van der Waals surface area contributed by atoms with E-state index in [1.54, 1.807) is 0 Å². The number of carbonyl (C=O) groups is 2. The number of amides is 1. The zero-order valence-electron chi connectivity index (χ0n) is 8.30. The topological polar surface area (TPSA) is 85.3 Å². The minimum atomic E-state index is -1.16. The van der Waals surface area contributed by atoms with E-state index >= 15 is 0 Å². The van der Waals surface area contributed by atoms with Crippen LogP contribution in [0, 0.1) is 0 Å². The fraction of sp³-hybridized carbons (Fsp3) is 0.500. The van der Waals surface area contributed by atoms with Crippen LogP contribution in [0.4, 0.5) is 4.79 Å². The van der Waals surface area contributed by atoms with Gasteiger partial charge in [0.2, 0.25) is 6.23 Å². The lowest BCUT2D eigenvalue weighted by atomic mass is 10.3. The molecule has 0 aromatic carbocycles. The van der Waals surface area contributed by atoms with Crippen molar-refractivity contribution in [3.8, 4) is 0 Å². The normalized spacial score (nSPS) is 20.2. The number of carbonyl (C=O) groups excluding carboxylic acids is 2. The lowest BCUT2D eigenvalue weighted by molar-refractivity contribution is -0.188. The molecule has 15 heavy (non-hydrogen) atoms. The van der Waals surface area contributed by atoms with Gasteiger partial charge in [-0.2, -0.15) is 5.06 Å². The Kier molecular flexibility index (Phi) is 3.64. The number of rotatable bonds is 3. The first-order valence-corrected chi connectivity index (χ1v) is 4.06. The molecule has 0 saturated carbocycles. The van der Waals surface area contributed by atoms with Crippen molar-refractivity contribution in [2.45, 2.75) is 6.23 Å². The lowest BCUT2D eigenvalue weighted by Gasteiger charge is -2.16. The van der Waals surface area contributed by atoms with Gasteiger partial charge in [-0.25, -0.2) is 4.79 Å². The van der Waals surface area contributed by atoms with E-state index in [2.05, 4.69) is 9.47 Å². The third kappa shape index (κ3) is 2.45. The number of nitrogens with zero attached hydrogens (tertiary/aromatic N) is 1. The molecule has 1 aliphatic heterocycles. The molecule has 1 heterocycles. The van der Waals surface area contributed by atoms with E-state index in [4.69, 9.17) is 4.74 Å². The second-order valence-electron chi connectivity index (χ2n) is 2.74. The van der Waals surface area contributed by atoms with Gasteiger partial charge < -0.3 is 14.2 Å². The molecule has 0 bridgehead atoms. The molecule has 0 aliphatic carbocycles. The van der Waals surface area contributed by atoms with Crippen LogP contribution in [0.15, 0.2) is 11.6 Å². The van der Waals surface area contributed by atoms with Gasteiger partial charge in [0.1, 0.15) is 0 Å². The van der Waals surface area contributed by atoms with Crippen LogP contribution >= 0.6 is 0 Å². The van der Waals surface area contributed by atoms with E-state index in [-0.39, 0.29) is 12.2 Å². The largest absolute Gasteiger partial charge is 0.510 e. The average Bonchev–Trinajstić information content (AvgIpc) is 2.47. The number of methoxy groups -OCH3 is 2. The Morgan fingerprint density at radius 3 is 2.80 bits per heavy atom. The zero-order valence-corrected chi connectivity index (χ0v) is 8.30. The van der Waals surface area contributed by atoms with Crippen LogP contribution in [0.25, 0.3) is 0 Å². The summed E-state index contributed by atoms with van der Waals surface area (Å²) in [6, 6.07) is 0. The molecule has 1 unspecified atom stereocenters. The van der Waals surface area contributed by atoms with Crippen molar-refractivity contribution < 1.29 is 29.0 Å². The van der Waals surface area contributed by atoms with Crippen molar-refractivity contribution in [2.24, 2.45) is 0 Å². The Hall–Kier alpha value is -1.60. The molecule has 0 aromatic rings. The number of ether oxygens (including phenoxy) is 3. The summed E-state index contributed by atoms with van der Waals surface area (Å²) in [5, 5.41) is 9.54. The summed E-state index contributed by atoms with van der Waals surface area (Å²) in [6.07, 6.45) is -0.861. The predicted molar refractivity (Wildman–Crippen MR) is 45.9 cm³/mol. The van der Waals surface area contributed by atoms with Crippen molar-refractivity contribution in [2.75, 3.05) is 20.8 Å². The molecule has 7 heteroatoms. The Morgan fingerprint density at radius 2 is 2.27 bits per heavy atom. The maximum absolute atomic E-state index is 11.3. The average molecular weight is 217 g/mol. The third-order valence-electron chi connectivity index (χ3n) is 1.75. The van der Waals surface area contributed by atoms with Crippen molar-refractivity contribution >= 4 is 12.1 Å². The molecule has 1 rings (SSSR count). The predicted octanol–water partition coefficient (Wildman–Crippen LogP) is -0.100. The summed E-state index contributed by atoms with van der Waals surface area (Å²) in [7, 11) is 2.53. The quantitative estimate of drug-likeness (QED) is 0.524. The van der Waals surface area contributed by atoms with Gasteiger partial charge in [-0.15, -0.1) is 0 Å². The summed E-state index contributed by atoms with van der Waals surface area (Å²) in [5.74, 6) is -0.661. The van der Waals surface area contributed by atoms with Crippen LogP contribution in [0.3, 0.4) is 0 Å². The van der Waals surface area contributed by atoms with E-state index in [9.17, 15) is 14.8 Å². The van der Waals surface area contributed by atoms with Gasteiger partial charge in [0.25, 0.3) is 5.91 Å². The van der Waals surface area contributed by atoms with Crippen molar-refractivity contribution in [1.29, 1.82) is 0 Å². The number of hydrogen-bond donors (Lipinski definition) is 1. The van der Waals surface area contributed by atoms with Crippen molar-refractivity contribution in [1.82, 2.24) is 5.06 Å². The first-order chi connectivity index (χ1) is 7.10. The van der Waals surface area contributed by atoms with Gasteiger partial charge in [0, 0.05) is 12.7 Å². The zero-order chi connectivity index (χ0) is 11.4. The lowest BCUT2D eigenvalue weighted by Crippen LogP contribution is -2.34. The van der Waals surface area contributed by atoms with Gasteiger partial charge in [-0.05, 0) is 6.08 Å². The van der Waals surface area contributed by atoms with E-state index in [0.29, 0.717) is 5.06 Å². The molecular formula is C8H11NO6. The summed E-state index contributed by atoms with van der Waals surface area (Å²) < 4.78 is 13.5. The maximum atomic E-state index is 11.3. The Bertz CT molecular complexity index is 300. The van der Waals surface area contributed by atoms with Gasteiger partial charge >= 0.3 is 6.16 Å². The highest BCUT2D eigenvalue weighted by Gasteiger charge is 2.34. The number of hydrogen-bond acceptors (Lipinski definition) is 6. The van der Waals surface area contributed by atoms with E-state index < -0.39 is 18.3 Å². The standard InChI is InChI=1S/C8H11NO6/c1-13-4-5-3-6(9(12)7(5)10)15-8(11)14-2/h3,6,12H,4H2,1-2H3. The van der Waals surface area contributed by atoms with Crippen LogP contribution in [0.2, 0.25) is 0 Å². The molecule has 1 atom stereocenters. The fourth-order valence-corrected chi connectivity index (χ4v) is 1.07. The van der Waals surface area contributed by atoms with Crippen LogP contribution in [0.1, 0.15) is 0 Å². The molecule has 0 fully saturated rings. The molecule has 0 aromatic heterocycles. The Labute approximate surface area is 85.8 Å². The van der Waals surface area contributed by atoms with E-state index in [1.807, 2.05) is 0 Å². The fourth-order valence-electron chi connectivity index (χ4n) is 1.07. The molecule has 1 aliphatic rings. The van der Waals surface area contributed by atoms with Crippen LogP contribution < -0.4 is 0 Å². The smallest absolute Gasteiger partial charge is 0.438 e. The molecule has 0 saturated heterocycles. The van der Waals surface area contributed by atoms with Gasteiger partial charge in [0.05, 0.1) is 13.7 Å². The van der Waals surface area contributed by atoms with Crippen LogP contribution in [-0.4, -0.2) is 49.4 Å². The van der Waals surface area contributed by atoms with Gasteiger partial charge in [-0.3, -0.25) is 10.0 Å². The molecule has 0 radical (unpaired) electrons. The van der Waals surface area contributed by atoms with Crippen molar-refractivity contribution in [3.63, 3.8) is 0 Å². The summed E-state index contributed by atoms with van der Waals surface area (Å²) in [5.41, 5.74) is 0.217. The Morgan fingerprint density at radius 1 is 1.60 bits per heavy atom. The molecule has 7 nitrogen and oxygen atoms in total. The second kappa shape index (κ2) is 4.76. The highest BCUT2D eigenvalue weighted by molar-refractivity contribution is 5.95. The molecular weight excluding hydrogens is 206 g/mol. The minimum absolute atomic E-state index is 0.0386. The monoisotopic (exact) mass is 217 g/mol. The first-order valence-electron chi connectivity index (χ1n) is 4.06. The third-order valence-corrected chi connectivity index (χ3v) is 1.75. The Balaban J connectivity index is 2.67. The first kappa shape index (κ1) is 11.5. The van der Waals surface area contributed by atoms with Crippen LogP contribution in [0.5, 0.6) is 0 Å². The van der Waals surface area contributed by atoms with E-state index in [1.165, 1.54) is 13.2 Å². The summed E-state index contributed by atoms with van der Waals surface area (Å²) >= 11 is 0. The molecule has 1 N–H and O–H groups in total. The summed E-state index contributed by atoms with van der Waals surface area (Å²) in [4.78, 5) is 22.0. The molecule has 84 valence electrons. The molecule has 1 amide bonds. The SMILES string of the molecule is COCC1=CC(OC(=O)OC)N(O)C1=O. The highest BCUT2D eigenvalue weighted by atomic mass is 16.7. The maximum Gasteiger partial charge on any atom is 0.510 e. The minimum Gasteiger partial charge on any atom is -0.438 e. The number of hydroxylamine groups is 2. The highest BCUT2D eigenvalue weighted by Crippen LogP contribution is 2.17. The summed E-state index contributed by atoms with van der Waals surface area (Å²) in [6.45, 7) is 0.0386. The molecule has 0 spiro atoms.